The van der Waals surface area contributed by atoms with E-state index < -0.39 is 10.5 Å². The van der Waals surface area contributed by atoms with Crippen LogP contribution >= 0.6 is 23.2 Å². The van der Waals surface area contributed by atoms with Crippen LogP contribution in [0.5, 0.6) is 11.5 Å². The predicted octanol–water partition coefficient (Wildman–Crippen LogP) is 5.32. The number of carbonyl (C=O) groups is 1. The summed E-state index contributed by atoms with van der Waals surface area (Å²) in [5.41, 5.74) is 0.938. The van der Waals surface area contributed by atoms with Crippen LogP contribution in [0, 0.1) is 23.0 Å². The van der Waals surface area contributed by atoms with Gasteiger partial charge in [-0.15, -0.1) is 0 Å². The number of likely N-dealkylation sites (tertiary alicyclic amines) is 1. The van der Waals surface area contributed by atoms with E-state index in [-0.39, 0.29) is 74.0 Å². The second-order valence-electron chi connectivity index (χ2n) is 11.4. The van der Waals surface area contributed by atoms with Crippen LogP contribution in [0.3, 0.4) is 0 Å². The molecule has 2 aromatic heterocycles. The molecule has 1 amide bonds. The third kappa shape index (κ3) is 6.87. The van der Waals surface area contributed by atoms with E-state index >= 15 is 0 Å². The van der Waals surface area contributed by atoms with Crippen molar-refractivity contribution in [3.63, 3.8) is 0 Å². The van der Waals surface area contributed by atoms with Gasteiger partial charge in [0.25, 0.3) is 11.2 Å². The average Bonchev–Trinajstić information content (AvgIpc) is 3.01. The monoisotopic (exact) mass is 681 g/mol. The molecule has 0 spiro atoms. The fourth-order valence-corrected chi connectivity index (χ4v) is 6.07. The number of nitrogens with one attached hydrogen (secondary N) is 1. The molecule has 13 nitrogen and oxygen atoms in total. The number of methoxy groups -OCH3 is 2. The second-order valence-corrected chi connectivity index (χ2v) is 12.1. The molecule has 47 heavy (non-hydrogen) atoms. The van der Waals surface area contributed by atoms with Gasteiger partial charge in [-0.25, -0.2) is 4.98 Å². The van der Waals surface area contributed by atoms with Gasteiger partial charge in [0.15, 0.2) is 0 Å². The highest BCUT2D eigenvalue weighted by Crippen LogP contribution is 2.45. The average molecular weight is 683 g/mol. The molecule has 1 saturated heterocycles. The third-order valence-corrected chi connectivity index (χ3v) is 8.55. The molecule has 1 N–H and O–H groups in total. The fraction of sp³-hybridized carbons (Fsp3) is 0.312. The molecule has 0 bridgehead atoms. The lowest BCUT2D eigenvalue weighted by atomic mass is 9.99. The summed E-state index contributed by atoms with van der Waals surface area (Å²) in [6.07, 6.45) is 4.87. The number of aromatic nitrogens is 3. The molecule has 0 radical (unpaired) electrons. The summed E-state index contributed by atoms with van der Waals surface area (Å²) in [5, 5.41) is 15.4. The minimum absolute atomic E-state index is 0.0614. The van der Waals surface area contributed by atoms with E-state index in [4.69, 9.17) is 32.7 Å². The van der Waals surface area contributed by atoms with Crippen molar-refractivity contribution in [2.45, 2.75) is 13.5 Å². The summed E-state index contributed by atoms with van der Waals surface area (Å²) in [7, 11) is 6.72. The first-order chi connectivity index (χ1) is 22.4. The summed E-state index contributed by atoms with van der Waals surface area (Å²) in [6.45, 7) is 3.45. The van der Waals surface area contributed by atoms with Crippen molar-refractivity contribution in [1.29, 1.82) is 0 Å². The lowest BCUT2D eigenvalue weighted by Gasteiger charge is -2.39. The van der Waals surface area contributed by atoms with Gasteiger partial charge in [0.2, 0.25) is 11.9 Å². The summed E-state index contributed by atoms with van der Waals surface area (Å²) in [5.74, 6) is 0.420. The van der Waals surface area contributed by atoms with Gasteiger partial charge in [-0.1, -0.05) is 41.4 Å². The molecule has 1 aliphatic rings. The molecule has 0 atom stereocenters. The van der Waals surface area contributed by atoms with Gasteiger partial charge < -0.3 is 24.6 Å². The van der Waals surface area contributed by atoms with Crippen molar-refractivity contribution in [1.82, 2.24) is 24.3 Å². The summed E-state index contributed by atoms with van der Waals surface area (Å²) < 4.78 is 12.4. The normalized spacial score (nSPS) is 13.3. The van der Waals surface area contributed by atoms with Crippen LogP contribution in [-0.2, 0) is 11.3 Å². The number of hydrogen-bond acceptors (Lipinski definition) is 10. The standard InChI is InChI=1S/C32H33Cl2N7O6/c1-18-8-6-9-22(41(44)45)29(18)36-32-35-14-20-12-21(26-27(33)23(46-4)13-24(47-5)28(26)34)31(43)40(30(20)37-32)17-19-15-39(16-19)25(42)10-7-11-38(2)3/h6-10,12-14,19H,11,15-17H2,1-5H3,(H,35,36,37)/b10-7+. The molecule has 0 saturated carbocycles. The number of amides is 1. The molecule has 1 aliphatic heterocycles. The first kappa shape index (κ1) is 33.6. The van der Waals surface area contributed by atoms with Gasteiger partial charge in [0.05, 0.1) is 34.8 Å². The topological polar surface area (TPSA) is 145 Å². The number of carbonyl (C=O) groups excluding carboxylic acids is 1. The number of likely N-dealkylation sites (N-methyl/N-ethyl adjacent to an activating group) is 1. The van der Waals surface area contributed by atoms with E-state index in [9.17, 15) is 19.7 Å². The van der Waals surface area contributed by atoms with Crippen molar-refractivity contribution >= 4 is 57.5 Å². The van der Waals surface area contributed by atoms with Gasteiger partial charge in [-0.2, -0.15) is 4.98 Å². The highest BCUT2D eigenvalue weighted by molar-refractivity contribution is 6.41. The number of nitro groups is 1. The molecule has 0 aliphatic carbocycles. The maximum Gasteiger partial charge on any atom is 0.293 e. The molecular weight excluding hydrogens is 649 g/mol. The SMILES string of the molecule is COc1cc(OC)c(Cl)c(-c2cc3cnc(Nc4c(C)cccc4[N+](=O)[O-])nc3n(CC3CN(C(=O)/C=C/CN(C)C)C3)c2=O)c1Cl. The lowest BCUT2D eigenvalue weighted by molar-refractivity contribution is -0.384. The van der Waals surface area contributed by atoms with E-state index in [0.717, 1.165) is 0 Å². The van der Waals surface area contributed by atoms with Crippen LogP contribution < -0.4 is 20.3 Å². The summed E-state index contributed by atoms with van der Waals surface area (Å²) in [4.78, 5) is 51.0. The largest absolute Gasteiger partial charge is 0.495 e. The number of nitro benzene ring substituents is 1. The van der Waals surface area contributed by atoms with Gasteiger partial charge >= 0.3 is 0 Å². The van der Waals surface area contributed by atoms with Crippen LogP contribution in [0.4, 0.5) is 17.3 Å². The van der Waals surface area contributed by atoms with Gasteiger partial charge in [-0.05, 0) is 32.6 Å². The number of fused-ring (bicyclic) bond motifs is 1. The Bertz CT molecular complexity index is 1930. The molecule has 5 rings (SSSR count). The minimum atomic E-state index is -0.492. The molecular formula is C32H33Cl2N7O6. The molecule has 2 aromatic carbocycles. The molecule has 15 heteroatoms. The molecule has 0 unspecified atom stereocenters. The van der Waals surface area contributed by atoms with Gasteiger partial charge in [0, 0.05) is 67.5 Å². The van der Waals surface area contributed by atoms with E-state index in [1.54, 1.807) is 42.2 Å². The van der Waals surface area contributed by atoms with Crippen molar-refractivity contribution in [3.05, 3.63) is 84.8 Å². The Hall–Kier alpha value is -4.72. The fourth-order valence-electron chi connectivity index (χ4n) is 5.36. The molecule has 1 fully saturated rings. The zero-order valence-electron chi connectivity index (χ0n) is 26.4. The lowest BCUT2D eigenvalue weighted by Crippen LogP contribution is -2.51. The summed E-state index contributed by atoms with van der Waals surface area (Å²) in [6, 6.07) is 7.83. The van der Waals surface area contributed by atoms with Crippen LogP contribution in [-0.4, -0.2) is 83.1 Å². The van der Waals surface area contributed by atoms with E-state index in [1.165, 1.54) is 37.1 Å². The zero-order valence-corrected chi connectivity index (χ0v) is 27.9. The van der Waals surface area contributed by atoms with Crippen LogP contribution in [0.1, 0.15) is 5.56 Å². The highest BCUT2D eigenvalue weighted by Gasteiger charge is 2.31. The second kappa shape index (κ2) is 14.0. The van der Waals surface area contributed by atoms with E-state index in [0.29, 0.717) is 30.6 Å². The number of hydrogen-bond donors (Lipinski definition) is 1. The first-order valence-corrected chi connectivity index (χ1v) is 15.3. The molecule has 246 valence electrons. The molecule has 3 heterocycles. The third-order valence-electron chi connectivity index (χ3n) is 7.79. The first-order valence-electron chi connectivity index (χ1n) is 14.6. The maximum atomic E-state index is 14.3. The predicted molar refractivity (Wildman–Crippen MR) is 181 cm³/mol. The number of ether oxygens (including phenoxy) is 2. The van der Waals surface area contributed by atoms with Gasteiger partial charge in [0.1, 0.15) is 22.8 Å². The minimum Gasteiger partial charge on any atom is -0.495 e. The Balaban J connectivity index is 1.60. The number of nitrogens with zero attached hydrogens (tertiary/aromatic N) is 6. The van der Waals surface area contributed by atoms with Crippen LogP contribution in [0.15, 0.2) is 53.5 Å². The number of halogens is 2. The van der Waals surface area contributed by atoms with E-state index in [2.05, 4.69) is 15.3 Å². The van der Waals surface area contributed by atoms with Crippen molar-refractivity contribution < 1.29 is 19.2 Å². The quantitative estimate of drug-likeness (QED) is 0.125. The van der Waals surface area contributed by atoms with Crippen LogP contribution in [0.2, 0.25) is 10.0 Å². The number of para-hydroxylation sites is 1. The Morgan fingerprint density at radius 3 is 2.47 bits per heavy atom. The Morgan fingerprint density at radius 1 is 1.17 bits per heavy atom. The number of benzene rings is 2. The Kier molecular flexibility index (Phi) is 9.99. The van der Waals surface area contributed by atoms with Crippen molar-refractivity contribution in [3.8, 4) is 22.6 Å². The number of aryl methyl sites for hydroxylation is 1. The van der Waals surface area contributed by atoms with Crippen molar-refractivity contribution in [2.75, 3.05) is 53.3 Å². The number of rotatable bonds is 11. The smallest absolute Gasteiger partial charge is 0.293 e. The highest BCUT2D eigenvalue weighted by atomic mass is 35.5. The molecule has 4 aromatic rings. The Labute approximate surface area is 280 Å². The van der Waals surface area contributed by atoms with Crippen molar-refractivity contribution in [2.24, 2.45) is 5.92 Å². The zero-order chi connectivity index (χ0) is 34.0. The number of pyridine rings is 1. The maximum absolute atomic E-state index is 14.3. The number of anilines is 2. The Morgan fingerprint density at radius 2 is 1.85 bits per heavy atom. The summed E-state index contributed by atoms with van der Waals surface area (Å²) >= 11 is 13.4. The van der Waals surface area contributed by atoms with Crippen LogP contribution in [0.25, 0.3) is 22.2 Å². The van der Waals surface area contributed by atoms with Gasteiger partial charge in [-0.3, -0.25) is 24.3 Å². The van der Waals surface area contributed by atoms with E-state index in [1.807, 2.05) is 19.0 Å².